The molecule has 2 heterocycles. The van der Waals surface area contributed by atoms with Crippen LogP contribution in [0.15, 0.2) is 12.1 Å². The maximum Gasteiger partial charge on any atom is 0.242 e. The van der Waals surface area contributed by atoms with Crippen molar-refractivity contribution in [3.8, 4) is 11.8 Å². The Bertz CT molecular complexity index is 583. The smallest absolute Gasteiger partial charge is 0.242 e. The predicted octanol–water partition coefficient (Wildman–Crippen LogP) is 3.26. The Hall–Kier alpha value is -1.46. The molecule has 0 fully saturated rings. The number of nitrogens with one attached hydrogen (secondary N) is 1. The van der Waals surface area contributed by atoms with Crippen LogP contribution in [0.5, 0.6) is 11.8 Å². The van der Waals surface area contributed by atoms with Crippen molar-refractivity contribution in [2.45, 2.75) is 6.92 Å². The van der Waals surface area contributed by atoms with Gasteiger partial charge in [0.25, 0.3) is 0 Å². The van der Waals surface area contributed by atoms with Crippen LogP contribution in [0.1, 0.15) is 5.69 Å². The second-order valence-electron chi connectivity index (χ2n) is 3.71. The van der Waals surface area contributed by atoms with E-state index in [-0.39, 0.29) is 5.88 Å². The standard InChI is InChI=1S/C11H12Cl2N4O/c1-6-4-9(17(3)16-6)18-11-8(13)5-7(12)10(14-2)15-11/h4-5H,1-3H3,(H,14,15). The Morgan fingerprint density at radius 2 is 2.00 bits per heavy atom. The van der Waals surface area contributed by atoms with Gasteiger partial charge in [0.05, 0.1) is 10.7 Å². The van der Waals surface area contributed by atoms with Gasteiger partial charge in [-0.2, -0.15) is 10.1 Å². The van der Waals surface area contributed by atoms with Gasteiger partial charge in [-0.15, -0.1) is 0 Å². The number of hydrogen-bond donors (Lipinski definition) is 1. The van der Waals surface area contributed by atoms with E-state index in [2.05, 4.69) is 15.4 Å². The molecule has 0 atom stereocenters. The highest BCUT2D eigenvalue weighted by Gasteiger charge is 2.12. The largest absolute Gasteiger partial charge is 0.419 e. The normalized spacial score (nSPS) is 10.5. The fourth-order valence-electron chi connectivity index (χ4n) is 1.48. The molecule has 0 unspecified atom stereocenters. The van der Waals surface area contributed by atoms with E-state index in [4.69, 9.17) is 27.9 Å². The molecule has 18 heavy (non-hydrogen) atoms. The predicted molar refractivity (Wildman–Crippen MR) is 71.8 cm³/mol. The highest BCUT2D eigenvalue weighted by molar-refractivity contribution is 6.36. The van der Waals surface area contributed by atoms with Crippen LogP contribution >= 0.6 is 23.2 Å². The van der Waals surface area contributed by atoms with Gasteiger partial charge in [0.1, 0.15) is 10.8 Å². The zero-order valence-corrected chi connectivity index (χ0v) is 11.7. The molecule has 2 aromatic heterocycles. The zero-order chi connectivity index (χ0) is 13.3. The average molecular weight is 287 g/mol. The fraction of sp³-hybridized carbons (Fsp3) is 0.273. The molecule has 96 valence electrons. The Labute approximate surface area is 115 Å². The lowest BCUT2D eigenvalue weighted by Crippen LogP contribution is -1.99. The molecule has 0 amide bonds. The Kier molecular flexibility index (Phi) is 3.63. The summed E-state index contributed by atoms with van der Waals surface area (Å²) in [6.07, 6.45) is 0. The minimum Gasteiger partial charge on any atom is -0.419 e. The summed E-state index contributed by atoms with van der Waals surface area (Å²) < 4.78 is 7.23. The van der Waals surface area contributed by atoms with E-state index in [1.165, 1.54) is 0 Å². The molecule has 1 N–H and O–H groups in total. The molecule has 0 aromatic carbocycles. The summed E-state index contributed by atoms with van der Waals surface area (Å²) >= 11 is 12.0. The molecule has 0 spiro atoms. The first-order valence-corrected chi connectivity index (χ1v) is 5.99. The van der Waals surface area contributed by atoms with Crippen molar-refractivity contribution in [3.63, 3.8) is 0 Å². The topological polar surface area (TPSA) is 52.0 Å². The SMILES string of the molecule is CNc1nc(Oc2cc(C)nn2C)c(Cl)cc1Cl. The van der Waals surface area contributed by atoms with Gasteiger partial charge in [0.2, 0.25) is 11.8 Å². The van der Waals surface area contributed by atoms with Crippen LogP contribution in [0.25, 0.3) is 0 Å². The molecule has 0 radical (unpaired) electrons. The van der Waals surface area contributed by atoms with Gasteiger partial charge in [0, 0.05) is 20.2 Å². The van der Waals surface area contributed by atoms with Crippen molar-refractivity contribution in [1.29, 1.82) is 0 Å². The fourth-order valence-corrected chi connectivity index (χ4v) is 1.97. The molecule has 7 heteroatoms. The van der Waals surface area contributed by atoms with Crippen LogP contribution in [0, 0.1) is 6.92 Å². The van der Waals surface area contributed by atoms with Gasteiger partial charge in [-0.05, 0) is 13.0 Å². The number of anilines is 1. The second kappa shape index (κ2) is 5.04. The minimum absolute atomic E-state index is 0.286. The van der Waals surface area contributed by atoms with Gasteiger partial charge >= 0.3 is 0 Å². The summed E-state index contributed by atoms with van der Waals surface area (Å²) in [5.41, 5.74) is 0.853. The maximum absolute atomic E-state index is 6.04. The van der Waals surface area contributed by atoms with Crippen molar-refractivity contribution in [2.75, 3.05) is 12.4 Å². The first kappa shape index (κ1) is 13.0. The van der Waals surface area contributed by atoms with Crippen LogP contribution in [-0.4, -0.2) is 21.8 Å². The van der Waals surface area contributed by atoms with E-state index >= 15 is 0 Å². The zero-order valence-electron chi connectivity index (χ0n) is 10.2. The van der Waals surface area contributed by atoms with E-state index in [9.17, 15) is 0 Å². The number of ether oxygens (including phenoxy) is 1. The van der Waals surface area contributed by atoms with E-state index < -0.39 is 0 Å². The van der Waals surface area contributed by atoms with Crippen LogP contribution in [-0.2, 0) is 7.05 Å². The third-order valence-electron chi connectivity index (χ3n) is 2.29. The minimum atomic E-state index is 0.286. The van der Waals surface area contributed by atoms with Gasteiger partial charge in [-0.3, -0.25) is 0 Å². The Morgan fingerprint density at radius 3 is 2.56 bits per heavy atom. The average Bonchev–Trinajstić information content (AvgIpc) is 2.61. The molecule has 2 rings (SSSR count). The summed E-state index contributed by atoms with van der Waals surface area (Å²) in [6, 6.07) is 3.38. The monoisotopic (exact) mass is 286 g/mol. The lowest BCUT2D eigenvalue weighted by atomic mass is 10.4. The lowest BCUT2D eigenvalue weighted by Gasteiger charge is -2.09. The molecule has 0 saturated heterocycles. The maximum atomic E-state index is 6.04. The van der Waals surface area contributed by atoms with Gasteiger partial charge in [-0.25, -0.2) is 4.68 Å². The number of pyridine rings is 1. The third-order valence-corrected chi connectivity index (χ3v) is 2.85. The number of hydrogen-bond acceptors (Lipinski definition) is 4. The van der Waals surface area contributed by atoms with Gasteiger partial charge < -0.3 is 10.1 Å². The molecular weight excluding hydrogens is 275 g/mol. The first-order chi connectivity index (χ1) is 8.51. The summed E-state index contributed by atoms with van der Waals surface area (Å²) in [5.74, 6) is 1.36. The summed E-state index contributed by atoms with van der Waals surface area (Å²) in [5, 5.41) is 7.83. The van der Waals surface area contributed by atoms with Crippen LogP contribution in [0.4, 0.5) is 5.82 Å². The molecule has 5 nitrogen and oxygen atoms in total. The molecule has 0 aliphatic heterocycles. The van der Waals surface area contributed by atoms with Gasteiger partial charge in [0.15, 0.2) is 0 Å². The molecule has 0 aliphatic rings. The van der Waals surface area contributed by atoms with Gasteiger partial charge in [-0.1, -0.05) is 23.2 Å². The summed E-state index contributed by atoms with van der Waals surface area (Å²) in [4.78, 5) is 4.20. The molecule has 0 saturated carbocycles. The number of nitrogens with zero attached hydrogens (tertiary/aromatic N) is 3. The Morgan fingerprint density at radius 1 is 1.28 bits per heavy atom. The van der Waals surface area contributed by atoms with E-state index in [1.807, 2.05) is 6.92 Å². The third kappa shape index (κ3) is 2.52. The highest BCUT2D eigenvalue weighted by atomic mass is 35.5. The van der Waals surface area contributed by atoms with Crippen molar-refractivity contribution >= 4 is 29.0 Å². The number of aryl methyl sites for hydroxylation is 2. The van der Waals surface area contributed by atoms with Crippen molar-refractivity contribution in [3.05, 3.63) is 27.9 Å². The molecule has 0 aliphatic carbocycles. The van der Waals surface area contributed by atoms with Crippen LogP contribution in [0.2, 0.25) is 10.0 Å². The summed E-state index contributed by atoms with van der Waals surface area (Å²) in [6.45, 7) is 1.88. The van der Waals surface area contributed by atoms with E-state index in [0.29, 0.717) is 21.7 Å². The number of halogens is 2. The highest BCUT2D eigenvalue weighted by Crippen LogP contribution is 2.33. The van der Waals surface area contributed by atoms with E-state index in [1.54, 1.807) is 30.9 Å². The first-order valence-electron chi connectivity index (χ1n) is 5.23. The number of rotatable bonds is 3. The second-order valence-corrected chi connectivity index (χ2v) is 4.52. The van der Waals surface area contributed by atoms with E-state index in [0.717, 1.165) is 5.69 Å². The number of aromatic nitrogens is 3. The summed E-state index contributed by atoms with van der Waals surface area (Å²) in [7, 11) is 3.51. The van der Waals surface area contributed by atoms with Crippen molar-refractivity contribution < 1.29 is 4.74 Å². The molecule has 0 bridgehead atoms. The van der Waals surface area contributed by atoms with Crippen LogP contribution in [0.3, 0.4) is 0 Å². The van der Waals surface area contributed by atoms with Crippen molar-refractivity contribution in [1.82, 2.24) is 14.8 Å². The Balaban J connectivity index is 2.37. The quantitative estimate of drug-likeness (QED) is 0.941. The lowest BCUT2D eigenvalue weighted by molar-refractivity contribution is 0.416. The van der Waals surface area contributed by atoms with Crippen molar-refractivity contribution in [2.24, 2.45) is 7.05 Å². The van der Waals surface area contributed by atoms with Crippen LogP contribution < -0.4 is 10.1 Å². The molecule has 2 aromatic rings. The molecular formula is C11H12Cl2N4O.